The van der Waals surface area contributed by atoms with Crippen molar-refractivity contribution in [1.82, 2.24) is 0 Å². The molecular weight excluding hydrogens is 230 g/mol. The van der Waals surface area contributed by atoms with Gasteiger partial charge in [0, 0.05) is 20.8 Å². The van der Waals surface area contributed by atoms with Crippen LogP contribution in [0.4, 0.5) is 5.69 Å². The lowest BCUT2D eigenvalue weighted by Crippen LogP contribution is -2.16. The lowest BCUT2D eigenvalue weighted by atomic mass is 9.97. The van der Waals surface area contributed by atoms with Crippen LogP contribution < -0.4 is 11.2 Å². The molecule has 1 aliphatic rings. The molecule has 3 heteroatoms. The topological polar surface area (TPSA) is 43.1 Å². The summed E-state index contributed by atoms with van der Waals surface area (Å²) in [4.78, 5) is 13.8. The molecule has 0 saturated carbocycles. The average Bonchev–Trinajstić information content (AvgIpc) is 2.34. The molecule has 0 unspecified atom stereocenters. The molecule has 88 valence electrons. The third kappa shape index (κ3) is 1.57. The van der Waals surface area contributed by atoms with Crippen molar-refractivity contribution in [3.63, 3.8) is 0 Å². The first-order valence-electron chi connectivity index (χ1n) is 6.02. The number of nitrogen functional groups attached to an aromatic ring is 1. The van der Waals surface area contributed by atoms with Crippen molar-refractivity contribution in [2.24, 2.45) is 0 Å². The highest BCUT2D eigenvalue weighted by Gasteiger charge is 2.17. The van der Waals surface area contributed by atoms with Crippen LogP contribution in [-0.4, -0.2) is 0 Å². The maximum atomic E-state index is 12.5. The molecule has 0 aliphatic heterocycles. The molecule has 0 spiro atoms. The second-order valence-electron chi connectivity index (χ2n) is 4.72. The quantitative estimate of drug-likeness (QED) is 0.725. The monoisotopic (exact) mass is 245 g/mol. The van der Waals surface area contributed by atoms with Crippen LogP contribution in [0.15, 0.2) is 16.9 Å². The first-order valence-corrected chi connectivity index (χ1v) is 6.84. The molecule has 0 atom stereocenters. The molecule has 0 radical (unpaired) electrons. The van der Waals surface area contributed by atoms with E-state index >= 15 is 0 Å². The number of nitrogens with two attached hydrogens (primary N) is 1. The number of anilines is 1. The molecule has 17 heavy (non-hydrogen) atoms. The largest absolute Gasteiger partial charge is 0.398 e. The fourth-order valence-corrected chi connectivity index (χ4v) is 3.92. The fourth-order valence-electron chi connectivity index (χ4n) is 2.57. The second-order valence-corrected chi connectivity index (χ2v) is 5.82. The van der Waals surface area contributed by atoms with Gasteiger partial charge >= 0.3 is 0 Å². The molecule has 0 amide bonds. The molecule has 0 fully saturated rings. The van der Waals surface area contributed by atoms with Crippen molar-refractivity contribution >= 4 is 27.1 Å². The molecule has 0 bridgehead atoms. The van der Waals surface area contributed by atoms with E-state index < -0.39 is 0 Å². The van der Waals surface area contributed by atoms with Gasteiger partial charge in [-0.3, -0.25) is 4.79 Å². The maximum absolute atomic E-state index is 12.5. The van der Waals surface area contributed by atoms with Crippen molar-refractivity contribution < 1.29 is 0 Å². The van der Waals surface area contributed by atoms with E-state index in [9.17, 15) is 4.79 Å². The normalized spacial score (nSPS) is 14.9. The Morgan fingerprint density at radius 1 is 1.24 bits per heavy atom. The Morgan fingerprint density at radius 3 is 2.82 bits per heavy atom. The number of rotatable bonds is 0. The Hall–Kier alpha value is -1.35. The minimum Gasteiger partial charge on any atom is -0.398 e. The number of fused-ring (bicyclic) bond motifs is 2. The van der Waals surface area contributed by atoms with Gasteiger partial charge in [-0.2, -0.15) is 0 Å². The van der Waals surface area contributed by atoms with E-state index in [1.165, 1.54) is 11.3 Å². The van der Waals surface area contributed by atoms with Crippen LogP contribution in [0.25, 0.3) is 10.1 Å². The molecular formula is C14H15NOS. The second kappa shape index (κ2) is 3.84. The van der Waals surface area contributed by atoms with Crippen LogP contribution in [-0.2, 0) is 12.8 Å². The summed E-state index contributed by atoms with van der Waals surface area (Å²) >= 11 is 1.76. The van der Waals surface area contributed by atoms with Crippen LogP contribution in [0.5, 0.6) is 0 Å². The summed E-state index contributed by atoms with van der Waals surface area (Å²) in [5, 5.41) is 0.746. The summed E-state index contributed by atoms with van der Waals surface area (Å²) in [6, 6.07) is 3.85. The van der Waals surface area contributed by atoms with Crippen LogP contribution in [0.1, 0.15) is 28.8 Å². The molecule has 1 aromatic carbocycles. The lowest BCUT2D eigenvalue weighted by Gasteiger charge is -2.16. The molecule has 0 saturated heterocycles. The smallest absolute Gasteiger partial charge is 0.193 e. The predicted molar refractivity (Wildman–Crippen MR) is 73.9 cm³/mol. The molecule has 1 heterocycles. The van der Waals surface area contributed by atoms with Crippen LogP contribution in [0, 0.1) is 6.92 Å². The molecule has 2 N–H and O–H groups in total. The highest BCUT2D eigenvalue weighted by Crippen LogP contribution is 2.32. The van der Waals surface area contributed by atoms with E-state index in [2.05, 4.69) is 0 Å². The molecule has 2 aromatic rings. The van der Waals surface area contributed by atoms with Crippen molar-refractivity contribution in [3.05, 3.63) is 38.4 Å². The van der Waals surface area contributed by atoms with E-state index in [0.29, 0.717) is 5.69 Å². The van der Waals surface area contributed by atoms with Gasteiger partial charge < -0.3 is 5.73 Å². The van der Waals surface area contributed by atoms with Crippen LogP contribution >= 0.6 is 11.3 Å². The number of aryl methyl sites for hydroxylation is 2. The molecule has 1 aliphatic carbocycles. The fraction of sp³-hybridized carbons (Fsp3) is 0.357. The van der Waals surface area contributed by atoms with E-state index in [1.807, 2.05) is 19.1 Å². The van der Waals surface area contributed by atoms with Gasteiger partial charge in [-0.05, 0) is 44.2 Å². The third-order valence-corrected chi connectivity index (χ3v) is 4.96. The van der Waals surface area contributed by atoms with Crippen molar-refractivity contribution in [1.29, 1.82) is 0 Å². The zero-order valence-corrected chi connectivity index (χ0v) is 10.7. The van der Waals surface area contributed by atoms with Gasteiger partial charge in [-0.25, -0.2) is 0 Å². The van der Waals surface area contributed by atoms with E-state index in [4.69, 9.17) is 5.73 Å². The molecule has 1 aromatic heterocycles. The first kappa shape index (κ1) is 10.8. The van der Waals surface area contributed by atoms with Gasteiger partial charge in [-0.15, -0.1) is 11.3 Å². The van der Waals surface area contributed by atoms with E-state index in [1.54, 1.807) is 11.3 Å². The summed E-state index contributed by atoms with van der Waals surface area (Å²) in [5.41, 5.74) is 8.94. The number of hydrogen-bond acceptors (Lipinski definition) is 3. The van der Waals surface area contributed by atoms with E-state index in [0.717, 1.165) is 40.5 Å². The number of hydrogen-bond donors (Lipinski definition) is 1. The highest BCUT2D eigenvalue weighted by atomic mass is 32.1. The van der Waals surface area contributed by atoms with Gasteiger partial charge in [-0.1, -0.05) is 6.07 Å². The summed E-state index contributed by atoms with van der Waals surface area (Å²) in [5.74, 6) is 0. The van der Waals surface area contributed by atoms with Gasteiger partial charge in [0.1, 0.15) is 0 Å². The minimum absolute atomic E-state index is 0.176. The van der Waals surface area contributed by atoms with Gasteiger partial charge in [0.25, 0.3) is 0 Å². The van der Waals surface area contributed by atoms with Crippen molar-refractivity contribution in [3.8, 4) is 0 Å². The minimum atomic E-state index is 0.176. The Labute approximate surface area is 104 Å². The van der Waals surface area contributed by atoms with Gasteiger partial charge in [0.2, 0.25) is 0 Å². The summed E-state index contributed by atoms with van der Waals surface area (Å²) in [7, 11) is 0. The summed E-state index contributed by atoms with van der Waals surface area (Å²) < 4.78 is 1.08. The van der Waals surface area contributed by atoms with Crippen molar-refractivity contribution in [2.45, 2.75) is 32.6 Å². The number of benzene rings is 1. The maximum Gasteiger partial charge on any atom is 0.193 e. The molecule has 2 nitrogen and oxygen atoms in total. The molecule has 3 rings (SSSR count). The Morgan fingerprint density at radius 2 is 2.00 bits per heavy atom. The summed E-state index contributed by atoms with van der Waals surface area (Å²) in [6.45, 7) is 2.05. The Kier molecular flexibility index (Phi) is 2.44. The van der Waals surface area contributed by atoms with Crippen LogP contribution in [0.2, 0.25) is 0 Å². The third-order valence-electron chi connectivity index (χ3n) is 3.53. The lowest BCUT2D eigenvalue weighted by molar-refractivity contribution is 0.692. The first-order chi connectivity index (χ1) is 8.18. The van der Waals surface area contributed by atoms with Gasteiger partial charge in [0.05, 0.1) is 5.39 Å². The Bertz CT molecular complexity index is 657. The van der Waals surface area contributed by atoms with Gasteiger partial charge in [0.15, 0.2) is 5.43 Å². The van der Waals surface area contributed by atoms with Crippen molar-refractivity contribution in [2.75, 3.05) is 5.73 Å². The average molecular weight is 245 g/mol. The highest BCUT2D eigenvalue weighted by molar-refractivity contribution is 7.18. The zero-order valence-electron chi connectivity index (χ0n) is 9.88. The van der Waals surface area contributed by atoms with Crippen LogP contribution in [0.3, 0.4) is 0 Å². The Balaban J connectivity index is 2.48. The zero-order chi connectivity index (χ0) is 12.0. The van der Waals surface area contributed by atoms with E-state index in [-0.39, 0.29) is 5.43 Å². The predicted octanol–water partition coefficient (Wildman–Crippen LogP) is 3.03. The summed E-state index contributed by atoms with van der Waals surface area (Å²) in [6.07, 6.45) is 4.31. The SMILES string of the molecule is Cc1ccc(N)c2c(=O)c3c(sc12)CCCC3. The standard InChI is InChI=1S/C14H15NOS/c1-8-6-7-10(15)12-13(16)9-4-2-3-5-11(9)17-14(8)12/h6-7H,2-5,15H2,1H3.